The molecule has 0 saturated carbocycles. The number of carbonyl (C=O) groups excluding carboxylic acids is 1. The highest BCUT2D eigenvalue weighted by molar-refractivity contribution is 7.10. The zero-order valence-electron chi connectivity index (χ0n) is 14.3. The molecule has 0 saturated heterocycles. The lowest BCUT2D eigenvalue weighted by Gasteiger charge is -2.24. The molecule has 1 aromatic heterocycles. The summed E-state index contributed by atoms with van der Waals surface area (Å²) in [5.74, 6) is 0.638. The molecule has 0 aliphatic heterocycles. The van der Waals surface area contributed by atoms with E-state index < -0.39 is 0 Å². The average molecular weight is 332 g/mol. The Balaban J connectivity index is 2.05. The first-order valence-electron chi connectivity index (χ1n) is 7.61. The molecule has 0 aliphatic rings. The largest absolute Gasteiger partial charge is 0.495 e. The summed E-state index contributed by atoms with van der Waals surface area (Å²) in [5, 5.41) is 5.06. The zero-order valence-corrected chi connectivity index (χ0v) is 15.2. The molecule has 1 heterocycles. The van der Waals surface area contributed by atoms with Gasteiger partial charge in [0.2, 0.25) is 5.91 Å². The summed E-state index contributed by atoms with van der Waals surface area (Å²) in [7, 11) is 3.58. The van der Waals surface area contributed by atoms with Crippen LogP contribution in [0.4, 0.5) is 5.69 Å². The van der Waals surface area contributed by atoms with Crippen LogP contribution in [-0.4, -0.2) is 31.0 Å². The van der Waals surface area contributed by atoms with Gasteiger partial charge < -0.3 is 10.1 Å². The summed E-state index contributed by atoms with van der Waals surface area (Å²) < 4.78 is 5.32. The predicted molar refractivity (Wildman–Crippen MR) is 96.3 cm³/mol. The molecular formula is C18H24N2O2S. The number of aryl methyl sites for hydroxylation is 2. The molecule has 0 spiro atoms. The maximum atomic E-state index is 12.5. The average Bonchev–Trinajstić information content (AvgIpc) is 2.91. The maximum Gasteiger partial charge on any atom is 0.241 e. The van der Waals surface area contributed by atoms with E-state index in [1.54, 1.807) is 18.4 Å². The van der Waals surface area contributed by atoms with Crippen molar-refractivity contribution in [3.63, 3.8) is 0 Å². The van der Waals surface area contributed by atoms with Crippen LogP contribution in [0.25, 0.3) is 0 Å². The van der Waals surface area contributed by atoms with Gasteiger partial charge >= 0.3 is 0 Å². The molecular weight excluding hydrogens is 308 g/mol. The van der Waals surface area contributed by atoms with Crippen molar-refractivity contribution in [2.75, 3.05) is 19.5 Å². The third-order valence-corrected chi connectivity index (χ3v) is 5.02. The number of hydrogen-bond acceptors (Lipinski definition) is 4. The van der Waals surface area contributed by atoms with Crippen LogP contribution >= 0.6 is 11.3 Å². The number of anilines is 1. The minimum atomic E-state index is -0.235. The monoisotopic (exact) mass is 332 g/mol. The molecule has 1 unspecified atom stereocenters. The summed E-state index contributed by atoms with van der Waals surface area (Å²) in [4.78, 5) is 15.9. The van der Waals surface area contributed by atoms with Crippen LogP contribution in [0.3, 0.4) is 0 Å². The molecule has 1 N–H and O–H groups in total. The number of carbonyl (C=O) groups is 1. The van der Waals surface area contributed by atoms with Crippen LogP contribution in [0.15, 0.2) is 29.6 Å². The summed E-state index contributed by atoms with van der Waals surface area (Å²) >= 11 is 1.73. The number of methoxy groups -OCH3 is 1. The molecule has 5 heteroatoms. The maximum absolute atomic E-state index is 12.5. The van der Waals surface area contributed by atoms with E-state index in [1.165, 1.54) is 10.4 Å². The number of thiophene rings is 1. The third-order valence-electron chi connectivity index (χ3n) is 4.01. The smallest absolute Gasteiger partial charge is 0.241 e. The normalized spacial score (nSPS) is 12.3. The second-order valence-corrected chi connectivity index (χ2v) is 6.81. The molecule has 124 valence electrons. The summed E-state index contributed by atoms with van der Waals surface area (Å²) in [5.41, 5.74) is 3.07. The van der Waals surface area contributed by atoms with Crippen LogP contribution in [0.2, 0.25) is 0 Å². The zero-order chi connectivity index (χ0) is 17.0. The van der Waals surface area contributed by atoms with Gasteiger partial charge in [0.25, 0.3) is 0 Å². The number of hydrogen-bond donors (Lipinski definition) is 1. The Morgan fingerprint density at radius 1 is 1.35 bits per heavy atom. The SMILES string of the molecule is COc1ccc(C)cc1NC(=O)C(C)N(C)Cc1sccc1C. The lowest BCUT2D eigenvalue weighted by molar-refractivity contribution is -0.120. The van der Waals surface area contributed by atoms with Crippen molar-refractivity contribution in [1.82, 2.24) is 4.90 Å². The van der Waals surface area contributed by atoms with Crippen LogP contribution in [0.5, 0.6) is 5.75 Å². The summed E-state index contributed by atoms with van der Waals surface area (Å²) in [6.07, 6.45) is 0. The van der Waals surface area contributed by atoms with Gasteiger partial charge in [0.05, 0.1) is 18.8 Å². The minimum absolute atomic E-state index is 0.0365. The van der Waals surface area contributed by atoms with Gasteiger partial charge in [0.15, 0.2) is 0 Å². The molecule has 0 radical (unpaired) electrons. The Bertz CT molecular complexity index is 681. The number of nitrogens with zero attached hydrogens (tertiary/aromatic N) is 1. The quantitative estimate of drug-likeness (QED) is 0.874. The van der Waals surface area contributed by atoms with E-state index in [-0.39, 0.29) is 11.9 Å². The van der Waals surface area contributed by atoms with Crippen molar-refractivity contribution in [3.8, 4) is 5.75 Å². The number of nitrogens with one attached hydrogen (secondary N) is 1. The molecule has 0 bridgehead atoms. The highest BCUT2D eigenvalue weighted by atomic mass is 32.1. The van der Waals surface area contributed by atoms with Gasteiger partial charge in [-0.25, -0.2) is 0 Å². The Hall–Kier alpha value is -1.85. The van der Waals surface area contributed by atoms with Crippen LogP contribution in [-0.2, 0) is 11.3 Å². The van der Waals surface area contributed by atoms with Crippen molar-refractivity contribution < 1.29 is 9.53 Å². The van der Waals surface area contributed by atoms with E-state index in [0.29, 0.717) is 11.4 Å². The third kappa shape index (κ3) is 4.33. The lowest BCUT2D eigenvalue weighted by Crippen LogP contribution is -2.39. The van der Waals surface area contributed by atoms with E-state index >= 15 is 0 Å². The molecule has 0 fully saturated rings. The summed E-state index contributed by atoms with van der Waals surface area (Å²) in [6, 6.07) is 7.63. The van der Waals surface area contributed by atoms with Gasteiger partial charge in [0, 0.05) is 11.4 Å². The fourth-order valence-corrected chi connectivity index (χ4v) is 3.25. The highest BCUT2D eigenvalue weighted by Gasteiger charge is 2.20. The van der Waals surface area contributed by atoms with Gasteiger partial charge in [-0.1, -0.05) is 6.07 Å². The van der Waals surface area contributed by atoms with E-state index in [4.69, 9.17) is 4.74 Å². The fraction of sp³-hybridized carbons (Fsp3) is 0.389. The van der Waals surface area contributed by atoms with Crippen molar-refractivity contribution in [3.05, 3.63) is 45.6 Å². The van der Waals surface area contributed by atoms with Gasteiger partial charge in [-0.3, -0.25) is 9.69 Å². The second-order valence-electron chi connectivity index (χ2n) is 5.81. The highest BCUT2D eigenvalue weighted by Crippen LogP contribution is 2.26. The second kappa shape index (κ2) is 7.62. The van der Waals surface area contributed by atoms with Crippen LogP contribution in [0.1, 0.15) is 22.9 Å². The Labute approximate surface area is 142 Å². The first kappa shape index (κ1) is 17.5. The minimum Gasteiger partial charge on any atom is -0.495 e. The number of ether oxygens (including phenoxy) is 1. The molecule has 23 heavy (non-hydrogen) atoms. The van der Waals surface area contributed by atoms with E-state index in [9.17, 15) is 4.79 Å². The van der Waals surface area contributed by atoms with Crippen molar-refractivity contribution >= 4 is 22.9 Å². The predicted octanol–water partition coefficient (Wildman–Crippen LogP) is 3.83. The van der Waals surface area contributed by atoms with E-state index in [0.717, 1.165) is 12.1 Å². The number of benzene rings is 1. The Morgan fingerprint density at radius 2 is 2.09 bits per heavy atom. The van der Waals surface area contributed by atoms with Crippen molar-refractivity contribution in [2.24, 2.45) is 0 Å². The van der Waals surface area contributed by atoms with Gasteiger partial charge in [0.1, 0.15) is 5.75 Å². The van der Waals surface area contributed by atoms with Gasteiger partial charge in [-0.2, -0.15) is 0 Å². The summed E-state index contributed by atoms with van der Waals surface area (Å²) in [6.45, 7) is 6.77. The molecule has 2 aromatic rings. The van der Waals surface area contributed by atoms with E-state index in [2.05, 4.69) is 28.6 Å². The van der Waals surface area contributed by atoms with Crippen molar-refractivity contribution in [1.29, 1.82) is 0 Å². The number of amides is 1. The molecule has 1 amide bonds. The van der Waals surface area contributed by atoms with E-state index in [1.807, 2.05) is 39.1 Å². The molecule has 1 atom stereocenters. The number of likely N-dealkylation sites (N-methyl/N-ethyl adjacent to an activating group) is 1. The first-order valence-corrected chi connectivity index (χ1v) is 8.49. The topological polar surface area (TPSA) is 41.6 Å². The van der Waals surface area contributed by atoms with Crippen molar-refractivity contribution in [2.45, 2.75) is 33.4 Å². The lowest BCUT2D eigenvalue weighted by atomic mass is 10.2. The Kier molecular flexibility index (Phi) is 5.80. The van der Waals surface area contributed by atoms with Gasteiger partial charge in [-0.15, -0.1) is 11.3 Å². The molecule has 0 aliphatic carbocycles. The number of rotatable bonds is 6. The van der Waals surface area contributed by atoms with Gasteiger partial charge in [-0.05, 0) is 62.5 Å². The first-order chi connectivity index (χ1) is 10.9. The van der Waals surface area contributed by atoms with Crippen LogP contribution in [0, 0.1) is 13.8 Å². The fourth-order valence-electron chi connectivity index (χ4n) is 2.29. The standard InChI is InChI=1S/C18H24N2O2S/c1-12-6-7-16(22-5)15(10-12)19-18(21)14(3)20(4)11-17-13(2)8-9-23-17/h6-10,14H,11H2,1-5H3,(H,19,21). The molecule has 4 nitrogen and oxygen atoms in total. The Morgan fingerprint density at radius 3 is 2.70 bits per heavy atom. The molecule has 2 rings (SSSR count). The molecule has 1 aromatic carbocycles. The van der Waals surface area contributed by atoms with Crippen LogP contribution < -0.4 is 10.1 Å².